The van der Waals surface area contributed by atoms with E-state index < -0.39 is 29.4 Å². The van der Waals surface area contributed by atoms with Gasteiger partial charge in [-0.05, 0) is 36.6 Å². The second kappa shape index (κ2) is 10.7. The van der Waals surface area contributed by atoms with Crippen LogP contribution in [0.4, 0.5) is 10.5 Å². The van der Waals surface area contributed by atoms with Crippen LogP contribution in [-0.2, 0) is 17.8 Å². The van der Waals surface area contributed by atoms with Crippen molar-refractivity contribution < 1.29 is 19.8 Å². The van der Waals surface area contributed by atoms with Crippen molar-refractivity contribution in [2.24, 2.45) is 0 Å². The molecule has 0 aliphatic heterocycles. The zero-order chi connectivity index (χ0) is 24.0. The molecule has 0 unspecified atom stereocenters. The number of aromatic nitrogens is 1. The Hall–Kier alpha value is -3.78. The standard InChI is InChI=1S/C24H24ClN3O5/c1-15-6-8-16(9-7-15)12-18(13-21(30)31)26-24(33)27-22-20(29)10-11-28(23(22)32)14-17-4-2-3-5-19(17)25/h2-11,18,29H,12-14H2,1H3,(H,30,31)(H2,26,27,33)/t18-/m0/s1. The predicted octanol–water partition coefficient (Wildman–Crippen LogP) is 3.77. The molecule has 0 fully saturated rings. The van der Waals surface area contributed by atoms with Crippen LogP contribution in [0.15, 0.2) is 65.6 Å². The van der Waals surface area contributed by atoms with Gasteiger partial charge in [0, 0.05) is 17.3 Å². The lowest BCUT2D eigenvalue weighted by molar-refractivity contribution is -0.137. The number of hydrogen-bond donors (Lipinski definition) is 4. The summed E-state index contributed by atoms with van der Waals surface area (Å²) < 4.78 is 1.30. The van der Waals surface area contributed by atoms with Gasteiger partial charge in [0.15, 0.2) is 5.69 Å². The lowest BCUT2D eigenvalue weighted by Crippen LogP contribution is -2.41. The Morgan fingerprint density at radius 1 is 1.09 bits per heavy atom. The summed E-state index contributed by atoms with van der Waals surface area (Å²) in [6, 6.07) is 14.3. The van der Waals surface area contributed by atoms with Gasteiger partial charge in [-0.3, -0.25) is 9.59 Å². The number of aliphatic carboxylic acids is 1. The summed E-state index contributed by atoms with van der Waals surface area (Å²) in [7, 11) is 0. The topological polar surface area (TPSA) is 121 Å². The third-order valence-corrected chi connectivity index (χ3v) is 5.41. The van der Waals surface area contributed by atoms with Crippen molar-refractivity contribution in [2.45, 2.75) is 32.4 Å². The first-order chi connectivity index (χ1) is 15.7. The van der Waals surface area contributed by atoms with Crippen LogP contribution >= 0.6 is 11.6 Å². The molecule has 0 radical (unpaired) electrons. The highest BCUT2D eigenvalue weighted by atomic mass is 35.5. The zero-order valence-electron chi connectivity index (χ0n) is 17.9. The Bertz CT molecular complexity index is 1210. The van der Waals surface area contributed by atoms with E-state index in [-0.39, 0.29) is 25.1 Å². The quantitative estimate of drug-likeness (QED) is 0.400. The third kappa shape index (κ3) is 6.60. The van der Waals surface area contributed by atoms with Gasteiger partial charge in [-0.1, -0.05) is 59.6 Å². The summed E-state index contributed by atoms with van der Waals surface area (Å²) in [6.07, 6.45) is 1.38. The van der Waals surface area contributed by atoms with E-state index in [0.717, 1.165) is 11.1 Å². The highest BCUT2D eigenvalue weighted by Crippen LogP contribution is 2.20. The van der Waals surface area contributed by atoms with Gasteiger partial charge < -0.3 is 25.4 Å². The molecule has 3 aromatic rings. The van der Waals surface area contributed by atoms with Gasteiger partial charge in [0.25, 0.3) is 5.56 Å². The minimum atomic E-state index is -1.07. The van der Waals surface area contributed by atoms with Crippen molar-refractivity contribution in [3.8, 4) is 5.75 Å². The van der Waals surface area contributed by atoms with Crippen LogP contribution in [-0.4, -0.2) is 32.8 Å². The number of nitrogens with one attached hydrogen (secondary N) is 2. The van der Waals surface area contributed by atoms with Gasteiger partial charge in [0.05, 0.1) is 13.0 Å². The Morgan fingerprint density at radius 3 is 2.45 bits per heavy atom. The number of aromatic hydroxyl groups is 1. The lowest BCUT2D eigenvalue weighted by atomic mass is 10.0. The number of carboxylic acid groups (broad SMARTS) is 1. The molecule has 3 rings (SSSR count). The fourth-order valence-corrected chi connectivity index (χ4v) is 3.54. The summed E-state index contributed by atoms with van der Waals surface area (Å²) in [5.74, 6) is -1.48. The van der Waals surface area contributed by atoms with Gasteiger partial charge in [0.2, 0.25) is 0 Å². The fourth-order valence-electron chi connectivity index (χ4n) is 3.35. The van der Waals surface area contributed by atoms with E-state index >= 15 is 0 Å². The Balaban J connectivity index is 1.76. The molecule has 2 amide bonds. The summed E-state index contributed by atoms with van der Waals surface area (Å²) in [5.41, 5.74) is 1.68. The van der Waals surface area contributed by atoms with Crippen LogP contribution in [0, 0.1) is 6.92 Å². The van der Waals surface area contributed by atoms with Crippen LogP contribution < -0.4 is 16.2 Å². The molecule has 0 saturated carbocycles. The molecule has 9 heteroatoms. The maximum Gasteiger partial charge on any atom is 0.319 e. The molecule has 33 heavy (non-hydrogen) atoms. The summed E-state index contributed by atoms with van der Waals surface area (Å²) in [4.78, 5) is 36.7. The van der Waals surface area contributed by atoms with E-state index in [9.17, 15) is 24.6 Å². The van der Waals surface area contributed by atoms with E-state index in [1.807, 2.05) is 31.2 Å². The summed E-state index contributed by atoms with van der Waals surface area (Å²) in [5, 5.41) is 24.8. The van der Waals surface area contributed by atoms with E-state index in [1.165, 1.54) is 16.8 Å². The number of aryl methyl sites for hydroxylation is 1. The van der Waals surface area contributed by atoms with E-state index in [0.29, 0.717) is 10.6 Å². The van der Waals surface area contributed by atoms with Crippen LogP contribution in [0.1, 0.15) is 23.1 Å². The number of pyridine rings is 1. The average molecular weight is 470 g/mol. The van der Waals surface area contributed by atoms with Crippen molar-refractivity contribution in [1.29, 1.82) is 0 Å². The number of rotatable bonds is 8. The number of carbonyl (C=O) groups excluding carboxylic acids is 1. The molecule has 172 valence electrons. The van der Waals surface area contributed by atoms with Gasteiger partial charge in [-0.25, -0.2) is 4.79 Å². The van der Waals surface area contributed by atoms with Gasteiger partial charge >= 0.3 is 12.0 Å². The minimum absolute atomic E-state index is 0.143. The average Bonchev–Trinajstić information content (AvgIpc) is 2.75. The van der Waals surface area contributed by atoms with Crippen molar-refractivity contribution in [1.82, 2.24) is 9.88 Å². The molecule has 8 nitrogen and oxygen atoms in total. The zero-order valence-corrected chi connectivity index (χ0v) is 18.7. The van der Waals surface area contributed by atoms with Gasteiger partial charge in [-0.2, -0.15) is 0 Å². The van der Waals surface area contributed by atoms with Crippen LogP contribution in [0.3, 0.4) is 0 Å². The largest absolute Gasteiger partial charge is 0.505 e. The molecule has 4 N–H and O–H groups in total. The molecule has 1 atom stereocenters. The third-order valence-electron chi connectivity index (χ3n) is 5.04. The fraction of sp³-hybridized carbons (Fsp3) is 0.208. The van der Waals surface area contributed by atoms with E-state index in [1.54, 1.807) is 24.3 Å². The van der Waals surface area contributed by atoms with Crippen molar-refractivity contribution in [3.05, 3.63) is 92.9 Å². The molecular formula is C24H24ClN3O5. The second-order valence-corrected chi connectivity index (χ2v) is 8.09. The summed E-state index contributed by atoms with van der Waals surface area (Å²) >= 11 is 6.16. The van der Waals surface area contributed by atoms with Crippen molar-refractivity contribution in [2.75, 3.05) is 5.32 Å². The second-order valence-electron chi connectivity index (χ2n) is 7.68. The van der Waals surface area contributed by atoms with Crippen LogP contribution in [0.2, 0.25) is 5.02 Å². The first-order valence-electron chi connectivity index (χ1n) is 10.2. The number of nitrogens with zero attached hydrogens (tertiary/aromatic N) is 1. The molecular weight excluding hydrogens is 446 g/mol. The van der Waals surface area contributed by atoms with Crippen LogP contribution in [0.25, 0.3) is 0 Å². The molecule has 2 aromatic carbocycles. The van der Waals surface area contributed by atoms with Crippen molar-refractivity contribution >= 4 is 29.3 Å². The smallest absolute Gasteiger partial charge is 0.319 e. The van der Waals surface area contributed by atoms with Gasteiger partial charge in [-0.15, -0.1) is 0 Å². The highest BCUT2D eigenvalue weighted by molar-refractivity contribution is 6.31. The number of hydrogen-bond acceptors (Lipinski definition) is 4. The number of halogens is 1. The first kappa shape index (κ1) is 23.9. The summed E-state index contributed by atoms with van der Waals surface area (Å²) in [6.45, 7) is 2.08. The normalized spacial score (nSPS) is 11.6. The van der Waals surface area contributed by atoms with Gasteiger partial charge in [0.1, 0.15) is 5.75 Å². The number of carboxylic acids is 1. The maximum absolute atomic E-state index is 12.9. The first-order valence-corrected chi connectivity index (χ1v) is 10.6. The molecule has 0 spiro atoms. The highest BCUT2D eigenvalue weighted by Gasteiger charge is 2.19. The predicted molar refractivity (Wildman–Crippen MR) is 126 cm³/mol. The van der Waals surface area contributed by atoms with E-state index in [4.69, 9.17) is 11.6 Å². The Morgan fingerprint density at radius 2 is 1.79 bits per heavy atom. The molecule has 0 saturated heterocycles. The maximum atomic E-state index is 12.9. The molecule has 1 aromatic heterocycles. The minimum Gasteiger partial charge on any atom is -0.505 e. The Kier molecular flexibility index (Phi) is 7.74. The number of anilines is 1. The monoisotopic (exact) mass is 469 g/mol. The number of carbonyl (C=O) groups is 2. The number of amides is 2. The van der Waals surface area contributed by atoms with E-state index in [2.05, 4.69) is 10.6 Å². The lowest BCUT2D eigenvalue weighted by Gasteiger charge is -2.18. The SMILES string of the molecule is Cc1ccc(C[C@@H](CC(=O)O)NC(=O)Nc2c(O)ccn(Cc3ccccc3Cl)c2=O)cc1. The molecule has 0 bridgehead atoms. The number of urea groups is 1. The van der Waals surface area contributed by atoms with Crippen molar-refractivity contribution in [3.63, 3.8) is 0 Å². The Labute approximate surface area is 195 Å². The molecule has 0 aliphatic rings. The number of benzene rings is 2. The van der Waals surface area contributed by atoms with Crippen LogP contribution in [0.5, 0.6) is 5.75 Å². The molecule has 0 aliphatic carbocycles. The molecule has 1 heterocycles.